The predicted molar refractivity (Wildman–Crippen MR) is 87.3 cm³/mol. The minimum atomic E-state index is 0.508. The topological polar surface area (TPSA) is 29.9 Å². The Balaban J connectivity index is 1.79. The summed E-state index contributed by atoms with van der Waals surface area (Å²) in [4.78, 5) is 4.51. The van der Waals surface area contributed by atoms with Gasteiger partial charge in [0.1, 0.15) is 0 Å². The maximum Gasteiger partial charge on any atom is 0.0951 e. The number of hydrogen-bond donors (Lipinski definition) is 1. The molecule has 0 spiro atoms. The second-order valence-corrected chi connectivity index (χ2v) is 7.15. The highest BCUT2D eigenvalue weighted by molar-refractivity contribution is 5.09. The third-order valence-corrected chi connectivity index (χ3v) is 5.64. The van der Waals surface area contributed by atoms with E-state index in [1.165, 1.54) is 63.5 Å². The molecule has 1 N–H and O–H groups in total. The Morgan fingerprint density at radius 3 is 2.71 bits per heavy atom. The summed E-state index contributed by atoms with van der Waals surface area (Å²) in [7, 11) is 0. The quantitative estimate of drug-likeness (QED) is 0.876. The summed E-state index contributed by atoms with van der Waals surface area (Å²) in [6.45, 7) is 4.66. The molecule has 0 radical (unpaired) electrons. The molecule has 3 heteroatoms. The third kappa shape index (κ3) is 3.33. The summed E-state index contributed by atoms with van der Waals surface area (Å²) in [5.41, 5.74) is 1.43. The van der Waals surface area contributed by atoms with Crippen LogP contribution in [0.5, 0.6) is 0 Å². The molecule has 3 nitrogen and oxygen atoms in total. The molecule has 0 amide bonds. The van der Waals surface area contributed by atoms with Crippen molar-refractivity contribution in [1.29, 1.82) is 0 Å². The molecule has 21 heavy (non-hydrogen) atoms. The first-order valence-electron chi connectivity index (χ1n) is 9.07. The van der Waals surface area contributed by atoms with Gasteiger partial charge in [0.05, 0.1) is 12.0 Å². The van der Waals surface area contributed by atoms with E-state index in [4.69, 9.17) is 0 Å². The number of imidazole rings is 1. The molecule has 1 saturated heterocycles. The van der Waals surface area contributed by atoms with Crippen LogP contribution in [0, 0.1) is 5.92 Å². The van der Waals surface area contributed by atoms with Crippen molar-refractivity contribution >= 4 is 0 Å². The van der Waals surface area contributed by atoms with Crippen LogP contribution in [-0.2, 0) is 0 Å². The molecule has 118 valence electrons. The van der Waals surface area contributed by atoms with Crippen LogP contribution in [0.15, 0.2) is 12.5 Å². The van der Waals surface area contributed by atoms with Crippen molar-refractivity contribution in [3.63, 3.8) is 0 Å². The van der Waals surface area contributed by atoms with Crippen LogP contribution in [0.4, 0.5) is 0 Å². The molecule has 1 aliphatic carbocycles. The minimum absolute atomic E-state index is 0.508. The fraction of sp³-hybridized carbons (Fsp3) is 0.833. The Morgan fingerprint density at radius 2 is 2.00 bits per heavy atom. The van der Waals surface area contributed by atoms with Crippen LogP contribution in [0.2, 0.25) is 0 Å². The highest BCUT2D eigenvalue weighted by Gasteiger charge is 2.28. The first-order valence-corrected chi connectivity index (χ1v) is 9.07. The lowest BCUT2D eigenvalue weighted by Gasteiger charge is -2.35. The highest BCUT2D eigenvalue weighted by atomic mass is 15.1. The molecule has 1 saturated carbocycles. The van der Waals surface area contributed by atoms with Crippen LogP contribution in [0.3, 0.4) is 0 Å². The average Bonchev–Trinajstić information content (AvgIpc) is 2.98. The van der Waals surface area contributed by atoms with E-state index >= 15 is 0 Å². The SMILES string of the molecule is CCC(C1CCCCC1)n1cncc1C1CCCC(C)N1. The molecule has 2 fully saturated rings. The van der Waals surface area contributed by atoms with Crippen molar-refractivity contribution in [2.45, 2.75) is 89.8 Å². The normalized spacial score (nSPS) is 29.4. The van der Waals surface area contributed by atoms with E-state index in [1.807, 2.05) is 0 Å². The lowest BCUT2D eigenvalue weighted by Crippen LogP contribution is -2.36. The van der Waals surface area contributed by atoms with Crippen LogP contribution in [0.25, 0.3) is 0 Å². The maximum absolute atomic E-state index is 4.51. The van der Waals surface area contributed by atoms with E-state index < -0.39 is 0 Å². The number of hydrogen-bond acceptors (Lipinski definition) is 2. The molecule has 0 aromatic carbocycles. The van der Waals surface area contributed by atoms with Gasteiger partial charge in [-0.25, -0.2) is 4.98 Å². The Morgan fingerprint density at radius 1 is 1.19 bits per heavy atom. The van der Waals surface area contributed by atoms with E-state index in [0.29, 0.717) is 18.1 Å². The minimum Gasteiger partial charge on any atom is -0.330 e. The lowest BCUT2D eigenvalue weighted by molar-refractivity contribution is 0.230. The van der Waals surface area contributed by atoms with Crippen molar-refractivity contribution in [2.24, 2.45) is 5.92 Å². The van der Waals surface area contributed by atoms with Gasteiger partial charge in [-0.2, -0.15) is 0 Å². The van der Waals surface area contributed by atoms with Crippen LogP contribution in [0.1, 0.15) is 89.4 Å². The first-order chi connectivity index (χ1) is 10.3. The van der Waals surface area contributed by atoms with E-state index in [-0.39, 0.29) is 0 Å². The van der Waals surface area contributed by atoms with Gasteiger partial charge in [-0.3, -0.25) is 0 Å². The summed E-state index contributed by atoms with van der Waals surface area (Å²) >= 11 is 0. The summed E-state index contributed by atoms with van der Waals surface area (Å²) in [6.07, 6.45) is 16.4. The van der Waals surface area contributed by atoms with Gasteiger partial charge in [-0.15, -0.1) is 0 Å². The lowest BCUT2D eigenvalue weighted by atomic mass is 9.82. The number of nitrogens with one attached hydrogen (secondary N) is 1. The number of aromatic nitrogens is 2. The van der Waals surface area contributed by atoms with E-state index in [0.717, 1.165) is 5.92 Å². The molecule has 1 aromatic rings. The van der Waals surface area contributed by atoms with Gasteiger partial charge >= 0.3 is 0 Å². The molecular weight excluding hydrogens is 258 g/mol. The van der Waals surface area contributed by atoms with E-state index in [9.17, 15) is 0 Å². The summed E-state index contributed by atoms with van der Waals surface area (Å²) < 4.78 is 2.52. The largest absolute Gasteiger partial charge is 0.330 e. The van der Waals surface area contributed by atoms with Gasteiger partial charge in [-0.05, 0) is 51.4 Å². The Bertz CT molecular complexity index is 433. The van der Waals surface area contributed by atoms with Crippen molar-refractivity contribution in [3.05, 3.63) is 18.2 Å². The fourth-order valence-electron chi connectivity index (χ4n) is 4.51. The van der Waals surface area contributed by atoms with Crippen molar-refractivity contribution in [1.82, 2.24) is 14.9 Å². The van der Waals surface area contributed by atoms with Crippen molar-refractivity contribution in [3.8, 4) is 0 Å². The van der Waals surface area contributed by atoms with E-state index in [1.54, 1.807) is 0 Å². The van der Waals surface area contributed by atoms with Crippen molar-refractivity contribution in [2.75, 3.05) is 0 Å². The molecule has 0 bridgehead atoms. The van der Waals surface area contributed by atoms with Crippen LogP contribution < -0.4 is 5.32 Å². The van der Waals surface area contributed by atoms with Gasteiger partial charge in [0.15, 0.2) is 0 Å². The summed E-state index contributed by atoms with van der Waals surface area (Å²) in [5, 5.41) is 3.78. The molecule has 1 aromatic heterocycles. The number of rotatable bonds is 4. The van der Waals surface area contributed by atoms with E-state index in [2.05, 4.69) is 41.2 Å². The molecule has 3 unspecified atom stereocenters. The predicted octanol–water partition coefficient (Wildman–Crippen LogP) is 4.62. The average molecular weight is 289 g/mol. The Kier molecular flexibility index (Phi) is 4.99. The molecule has 2 aliphatic rings. The zero-order valence-electron chi connectivity index (χ0n) is 13.7. The smallest absolute Gasteiger partial charge is 0.0951 e. The molecule has 3 rings (SSSR count). The fourth-order valence-corrected chi connectivity index (χ4v) is 4.51. The zero-order chi connectivity index (χ0) is 14.7. The van der Waals surface area contributed by atoms with Crippen molar-refractivity contribution < 1.29 is 0 Å². The highest BCUT2D eigenvalue weighted by Crippen LogP contribution is 2.37. The number of nitrogens with zero attached hydrogens (tertiary/aromatic N) is 2. The monoisotopic (exact) mass is 289 g/mol. The van der Waals surface area contributed by atoms with Gasteiger partial charge < -0.3 is 9.88 Å². The molecule has 2 heterocycles. The third-order valence-electron chi connectivity index (χ3n) is 5.64. The second kappa shape index (κ2) is 6.95. The first kappa shape index (κ1) is 15.1. The molecule has 1 aliphatic heterocycles. The zero-order valence-corrected chi connectivity index (χ0v) is 13.7. The Hall–Kier alpha value is -0.830. The van der Waals surface area contributed by atoms with Gasteiger partial charge in [-0.1, -0.05) is 26.2 Å². The number of piperidine rings is 1. The maximum atomic E-state index is 4.51. The second-order valence-electron chi connectivity index (χ2n) is 7.15. The molecular formula is C18H31N3. The van der Waals surface area contributed by atoms with Gasteiger partial charge in [0.2, 0.25) is 0 Å². The standard InChI is InChI=1S/C18H31N3/c1-3-17(15-9-5-4-6-10-15)21-13-19-12-18(21)16-11-7-8-14(2)20-16/h12-17,20H,3-11H2,1-2H3. The van der Waals surface area contributed by atoms with Gasteiger partial charge in [0.25, 0.3) is 0 Å². The Labute approximate surface area is 129 Å². The van der Waals surface area contributed by atoms with Gasteiger partial charge in [0, 0.05) is 24.3 Å². The van der Waals surface area contributed by atoms with Crippen LogP contribution in [-0.4, -0.2) is 15.6 Å². The summed E-state index contributed by atoms with van der Waals surface area (Å²) in [5.74, 6) is 0.859. The van der Waals surface area contributed by atoms with Crippen LogP contribution >= 0.6 is 0 Å². The molecule has 3 atom stereocenters. The summed E-state index contributed by atoms with van der Waals surface area (Å²) in [6, 6.07) is 1.80.